The molecule has 0 radical (unpaired) electrons. The average molecular weight is 238 g/mol. The van der Waals surface area contributed by atoms with E-state index in [0.717, 1.165) is 5.56 Å². The Morgan fingerprint density at radius 3 is 2.76 bits per heavy atom. The van der Waals surface area contributed by atoms with Crippen LogP contribution in [-0.4, -0.2) is 37.1 Å². The Labute approximate surface area is 99.2 Å². The van der Waals surface area contributed by atoms with Gasteiger partial charge in [-0.2, -0.15) is 0 Å². The van der Waals surface area contributed by atoms with E-state index in [1.54, 1.807) is 17.0 Å². The van der Waals surface area contributed by atoms with Gasteiger partial charge in [-0.25, -0.2) is 4.39 Å². The molecule has 0 saturated carbocycles. The second-order valence-electron chi connectivity index (χ2n) is 3.96. The molecule has 2 rings (SSSR count). The number of halogens is 1. The molecule has 1 amide bonds. The van der Waals surface area contributed by atoms with E-state index in [1.807, 2.05) is 0 Å². The van der Waals surface area contributed by atoms with Crippen LogP contribution in [0.3, 0.4) is 0 Å². The molecule has 1 unspecified atom stereocenters. The smallest absolute Gasteiger partial charge is 0.249 e. The van der Waals surface area contributed by atoms with Crippen LogP contribution in [0, 0.1) is 5.82 Å². The zero-order chi connectivity index (χ0) is 12.3. The van der Waals surface area contributed by atoms with Crippen LogP contribution in [0.2, 0.25) is 0 Å². The zero-order valence-electron chi connectivity index (χ0n) is 9.43. The third kappa shape index (κ3) is 2.62. The van der Waals surface area contributed by atoms with E-state index >= 15 is 0 Å². The highest BCUT2D eigenvalue weighted by atomic mass is 19.1. The first-order valence-corrected chi connectivity index (χ1v) is 5.55. The van der Waals surface area contributed by atoms with Gasteiger partial charge in [0, 0.05) is 13.1 Å². The maximum atomic E-state index is 12.8. The van der Waals surface area contributed by atoms with Crippen molar-refractivity contribution < 1.29 is 13.9 Å². The molecule has 92 valence electrons. The standard InChI is InChI=1S/C12H15FN2O2/c13-10-3-1-9(2-4-10)11-7-17-8-12(16)15(11)6-5-14/h1-4,11H,5-8,14H2. The molecular weight excluding hydrogens is 223 g/mol. The number of hydrogen-bond donors (Lipinski definition) is 1. The monoisotopic (exact) mass is 238 g/mol. The highest BCUT2D eigenvalue weighted by Gasteiger charge is 2.29. The molecule has 1 atom stereocenters. The Hall–Kier alpha value is -1.46. The van der Waals surface area contributed by atoms with E-state index < -0.39 is 0 Å². The summed E-state index contributed by atoms with van der Waals surface area (Å²) in [4.78, 5) is 13.4. The number of benzene rings is 1. The zero-order valence-corrected chi connectivity index (χ0v) is 9.43. The summed E-state index contributed by atoms with van der Waals surface area (Å²) in [6.07, 6.45) is 0. The molecule has 0 aliphatic carbocycles. The first kappa shape index (κ1) is 12.0. The molecule has 0 spiro atoms. The van der Waals surface area contributed by atoms with Crippen molar-refractivity contribution in [3.05, 3.63) is 35.6 Å². The number of hydrogen-bond acceptors (Lipinski definition) is 3. The minimum atomic E-state index is -0.290. The average Bonchev–Trinajstić information content (AvgIpc) is 2.33. The second kappa shape index (κ2) is 5.25. The number of nitrogens with two attached hydrogens (primary N) is 1. The van der Waals surface area contributed by atoms with Gasteiger partial charge in [-0.15, -0.1) is 0 Å². The number of morpholine rings is 1. The molecule has 1 aromatic rings. The molecule has 1 aromatic carbocycles. The van der Waals surface area contributed by atoms with Gasteiger partial charge in [0.2, 0.25) is 5.91 Å². The Kier molecular flexibility index (Phi) is 3.71. The summed E-state index contributed by atoms with van der Waals surface area (Å²) in [6.45, 7) is 1.42. The predicted octanol–water partition coefficient (Wildman–Crippen LogP) is 0.684. The molecule has 1 fully saturated rings. The van der Waals surface area contributed by atoms with Crippen LogP contribution in [0.4, 0.5) is 4.39 Å². The van der Waals surface area contributed by atoms with Crippen molar-refractivity contribution in [2.45, 2.75) is 6.04 Å². The molecule has 0 aromatic heterocycles. The molecule has 1 aliphatic rings. The molecule has 17 heavy (non-hydrogen) atoms. The summed E-state index contributed by atoms with van der Waals surface area (Å²) in [5, 5.41) is 0. The van der Waals surface area contributed by atoms with Gasteiger partial charge in [-0.05, 0) is 17.7 Å². The summed E-state index contributed by atoms with van der Waals surface area (Å²) in [6, 6.07) is 5.95. The van der Waals surface area contributed by atoms with Crippen LogP contribution in [0.1, 0.15) is 11.6 Å². The van der Waals surface area contributed by atoms with Crippen LogP contribution >= 0.6 is 0 Å². The van der Waals surface area contributed by atoms with E-state index in [4.69, 9.17) is 10.5 Å². The lowest BCUT2D eigenvalue weighted by Gasteiger charge is -2.35. The van der Waals surface area contributed by atoms with Gasteiger partial charge in [-0.1, -0.05) is 12.1 Å². The lowest BCUT2D eigenvalue weighted by Crippen LogP contribution is -2.46. The Morgan fingerprint density at radius 2 is 2.12 bits per heavy atom. The van der Waals surface area contributed by atoms with E-state index in [0.29, 0.717) is 19.7 Å². The van der Waals surface area contributed by atoms with E-state index in [1.165, 1.54) is 12.1 Å². The summed E-state index contributed by atoms with van der Waals surface area (Å²) in [5.74, 6) is -0.363. The maximum absolute atomic E-state index is 12.8. The van der Waals surface area contributed by atoms with Crippen molar-refractivity contribution in [2.75, 3.05) is 26.3 Å². The first-order valence-electron chi connectivity index (χ1n) is 5.55. The molecule has 4 nitrogen and oxygen atoms in total. The number of ether oxygens (including phenoxy) is 1. The van der Waals surface area contributed by atoms with Crippen molar-refractivity contribution in [1.29, 1.82) is 0 Å². The van der Waals surface area contributed by atoms with Crippen molar-refractivity contribution in [3.63, 3.8) is 0 Å². The highest BCUT2D eigenvalue weighted by Crippen LogP contribution is 2.24. The molecule has 5 heteroatoms. The van der Waals surface area contributed by atoms with Crippen LogP contribution in [0.15, 0.2) is 24.3 Å². The summed E-state index contributed by atoms with van der Waals surface area (Å²) >= 11 is 0. The summed E-state index contributed by atoms with van der Waals surface area (Å²) in [5.41, 5.74) is 6.36. The second-order valence-corrected chi connectivity index (χ2v) is 3.96. The van der Waals surface area contributed by atoms with Gasteiger partial charge in [0.15, 0.2) is 0 Å². The van der Waals surface area contributed by atoms with E-state index in [-0.39, 0.29) is 24.4 Å². The van der Waals surface area contributed by atoms with Crippen LogP contribution in [-0.2, 0) is 9.53 Å². The number of rotatable bonds is 3. The van der Waals surface area contributed by atoms with Crippen LogP contribution in [0.5, 0.6) is 0 Å². The molecule has 1 aliphatic heterocycles. The Morgan fingerprint density at radius 1 is 1.41 bits per heavy atom. The van der Waals surface area contributed by atoms with Gasteiger partial charge >= 0.3 is 0 Å². The Balaban J connectivity index is 2.21. The van der Waals surface area contributed by atoms with E-state index in [2.05, 4.69) is 0 Å². The summed E-state index contributed by atoms with van der Waals surface area (Å²) < 4.78 is 18.1. The van der Waals surface area contributed by atoms with Crippen molar-refractivity contribution in [3.8, 4) is 0 Å². The van der Waals surface area contributed by atoms with Gasteiger partial charge in [0.05, 0.1) is 12.6 Å². The topological polar surface area (TPSA) is 55.6 Å². The van der Waals surface area contributed by atoms with E-state index in [9.17, 15) is 9.18 Å². The lowest BCUT2D eigenvalue weighted by atomic mass is 10.0. The summed E-state index contributed by atoms with van der Waals surface area (Å²) in [7, 11) is 0. The Bertz CT molecular complexity index is 394. The van der Waals surface area contributed by atoms with Crippen molar-refractivity contribution in [2.24, 2.45) is 5.73 Å². The number of amides is 1. The maximum Gasteiger partial charge on any atom is 0.249 e. The number of carbonyl (C=O) groups excluding carboxylic acids is 1. The minimum Gasteiger partial charge on any atom is -0.369 e. The van der Waals surface area contributed by atoms with Crippen LogP contribution in [0.25, 0.3) is 0 Å². The lowest BCUT2D eigenvalue weighted by molar-refractivity contribution is -0.148. The van der Waals surface area contributed by atoms with Gasteiger partial charge in [0.1, 0.15) is 12.4 Å². The molecule has 0 bridgehead atoms. The fourth-order valence-corrected chi connectivity index (χ4v) is 1.99. The van der Waals surface area contributed by atoms with Crippen molar-refractivity contribution in [1.82, 2.24) is 4.90 Å². The van der Waals surface area contributed by atoms with Crippen molar-refractivity contribution >= 4 is 5.91 Å². The number of nitrogens with zero attached hydrogens (tertiary/aromatic N) is 1. The fourth-order valence-electron chi connectivity index (χ4n) is 1.99. The van der Waals surface area contributed by atoms with Gasteiger partial charge in [-0.3, -0.25) is 4.79 Å². The molecule has 1 heterocycles. The van der Waals surface area contributed by atoms with Crippen LogP contribution < -0.4 is 5.73 Å². The third-order valence-electron chi connectivity index (χ3n) is 2.82. The molecule has 1 saturated heterocycles. The third-order valence-corrected chi connectivity index (χ3v) is 2.82. The first-order chi connectivity index (χ1) is 8.22. The SMILES string of the molecule is NCCN1C(=O)COCC1c1ccc(F)cc1. The quantitative estimate of drug-likeness (QED) is 0.842. The largest absolute Gasteiger partial charge is 0.369 e. The predicted molar refractivity (Wildman–Crippen MR) is 60.7 cm³/mol. The highest BCUT2D eigenvalue weighted by molar-refractivity contribution is 5.78. The fraction of sp³-hybridized carbons (Fsp3) is 0.417. The number of carbonyl (C=O) groups is 1. The molecular formula is C12H15FN2O2. The van der Waals surface area contributed by atoms with Gasteiger partial charge < -0.3 is 15.4 Å². The normalized spacial score (nSPS) is 20.7. The molecule has 2 N–H and O–H groups in total. The minimum absolute atomic E-state index is 0.0731. The van der Waals surface area contributed by atoms with Gasteiger partial charge in [0.25, 0.3) is 0 Å².